The Morgan fingerprint density at radius 3 is 2.60 bits per heavy atom. The fourth-order valence-corrected chi connectivity index (χ4v) is 3.45. The molecule has 1 nitrogen and oxygen atoms in total. The van der Waals surface area contributed by atoms with Crippen molar-refractivity contribution in [1.82, 2.24) is 5.32 Å². The van der Waals surface area contributed by atoms with E-state index in [0.29, 0.717) is 5.92 Å². The van der Waals surface area contributed by atoms with Gasteiger partial charge in [0.1, 0.15) is 5.82 Å². The minimum atomic E-state index is -0.0626. The zero-order valence-corrected chi connectivity index (χ0v) is 13.0. The van der Waals surface area contributed by atoms with Gasteiger partial charge < -0.3 is 5.32 Å². The third-order valence-corrected chi connectivity index (χ3v) is 4.96. The predicted octanol–water partition coefficient (Wildman–Crippen LogP) is 4.94. The third kappa shape index (κ3) is 3.60. The van der Waals surface area contributed by atoms with Crippen LogP contribution in [0, 0.1) is 23.6 Å². The van der Waals surface area contributed by atoms with E-state index in [-0.39, 0.29) is 11.9 Å². The summed E-state index contributed by atoms with van der Waals surface area (Å²) >= 11 is 0. The molecule has 112 valence electrons. The van der Waals surface area contributed by atoms with E-state index in [1.807, 2.05) is 12.1 Å². The van der Waals surface area contributed by atoms with Gasteiger partial charge in [0.15, 0.2) is 0 Å². The van der Waals surface area contributed by atoms with Crippen molar-refractivity contribution in [3.8, 4) is 0 Å². The van der Waals surface area contributed by atoms with Crippen molar-refractivity contribution in [2.45, 2.75) is 52.5 Å². The largest absolute Gasteiger partial charge is 0.310 e. The lowest BCUT2D eigenvalue weighted by Gasteiger charge is -2.37. The first-order valence-corrected chi connectivity index (χ1v) is 8.11. The van der Waals surface area contributed by atoms with Gasteiger partial charge in [0.2, 0.25) is 0 Å². The highest BCUT2D eigenvalue weighted by molar-refractivity contribution is 5.22. The molecule has 0 saturated heterocycles. The summed E-state index contributed by atoms with van der Waals surface area (Å²) < 4.78 is 14.2. The van der Waals surface area contributed by atoms with Gasteiger partial charge in [0, 0.05) is 11.6 Å². The Bertz CT molecular complexity index is 418. The summed E-state index contributed by atoms with van der Waals surface area (Å²) in [5.74, 6) is 2.04. The number of benzene rings is 1. The van der Waals surface area contributed by atoms with Gasteiger partial charge in [-0.15, -0.1) is 0 Å². The summed E-state index contributed by atoms with van der Waals surface area (Å²) in [6.07, 6.45) is 4.77. The van der Waals surface area contributed by atoms with Crippen molar-refractivity contribution in [3.05, 3.63) is 35.6 Å². The smallest absolute Gasteiger partial charge is 0.127 e. The molecule has 2 rings (SSSR count). The Hall–Kier alpha value is -0.890. The Morgan fingerprint density at radius 1 is 1.20 bits per heavy atom. The molecule has 0 spiro atoms. The zero-order valence-electron chi connectivity index (χ0n) is 13.0. The lowest BCUT2D eigenvalue weighted by Crippen LogP contribution is -2.34. The van der Waals surface area contributed by atoms with E-state index in [1.165, 1.54) is 19.3 Å². The predicted molar refractivity (Wildman–Crippen MR) is 83.1 cm³/mol. The van der Waals surface area contributed by atoms with Gasteiger partial charge in [-0.2, -0.15) is 0 Å². The van der Waals surface area contributed by atoms with Crippen LogP contribution in [0.1, 0.15) is 58.1 Å². The molecule has 1 N–H and O–H groups in total. The fourth-order valence-electron chi connectivity index (χ4n) is 3.45. The van der Waals surface area contributed by atoms with Crippen LogP contribution in [-0.4, -0.2) is 6.54 Å². The molecule has 20 heavy (non-hydrogen) atoms. The average Bonchev–Trinajstić information content (AvgIpc) is 2.44. The van der Waals surface area contributed by atoms with E-state index in [9.17, 15) is 4.39 Å². The molecule has 0 heterocycles. The monoisotopic (exact) mass is 277 g/mol. The molecule has 0 amide bonds. The Kier molecular flexibility index (Phi) is 5.59. The molecule has 1 aromatic carbocycles. The Balaban J connectivity index is 2.17. The van der Waals surface area contributed by atoms with Gasteiger partial charge in [-0.3, -0.25) is 0 Å². The van der Waals surface area contributed by atoms with Crippen LogP contribution in [0.3, 0.4) is 0 Å². The van der Waals surface area contributed by atoms with Crippen molar-refractivity contribution in [3.63, 3.8) is 0 Å². The fraction of sp³-hybridized carbons (Fsp3) is 0.667. The maximum atomic E-state index is 14.2. The number of hydrogen-bond acceptors (Lipinski definition) is 1. The first kappa shape index (κ1) is 15.5. The zero-order chi connectivity index (χ0) is 14.5. The van der Waals surface area contributed by atoms with E-state index in [2.05, 4.69) is 26.1 Å². The second-order valence-electron chi connectivity index (χ2n) is 6.48. The van der Waals surface area contributed by atoms with Gasteiger partial charge in [-0.1, -0.05) is 45.4 Å². The van der Waals surface area contributed by atoms with Crippen LogP contribution in [0.4, 0.5) is 4.39 Å². The van der Waals surface area contributed by atoms with Crippen molar-refractivity contribution in [1.29, 1.82) is 0 Å². The van der Waals surface area contributed by atoms with Crippen molar-refractivity contribution in [2.24, 2.45) is 17.8 Å². The third-order valence-electron chi connectivity index (χ3n) is 4.96. The Labute approximate surface area is 123 Å². The highest BCUT2D eigenvalue weighted by atomic mass is 19.1. The van der Waals surface area contributed by atoms with Crippen LogP contribution in [-0.2, 0) is 0 Å². The van der Waals surface area contributed by atoms with E-state index >= 15 is 0 Å². The Morgan fingerprint density at radius 2 is 1.95 bits per heavy atom. The molecule has 0 bridgehead atoms. The minimum absolute atomic E-state index is 0.0626. The topological polar surface area (TPSA) is 12.0 Å². The molecule has 1 saturated carbocycles. The number of hydrogen-bond donors (Lipinski definition) is 1. The first-order chi connectivity index (χ1) is 9.63. The van der Waals surface area contributed by atoms with Gasteiger partial charge >= 0.3 is 0 Å². The number of rotatable bonds is 5. The normalized spacial score (nSPS) is 28.3. The molecule has 0 radical (unpaired) electrons. The summed E-state index contributed by atoms with van der Waals surface area (Å²) in [7, 11) is 0. The molecular weight excluding hydrogens is 249 g/mol. The SMILES string of the molecule is CCCNC(c1ccccc1F)C1CCC(C)C(C)C1. The van der Waals surface area contributed by atoms with Crippen LogP contribution < -0.4 is 5.32 Å². The van der Waals surface area contributed by atoms with E-state index < -0.39 is 0 Å². The summed E-state index contributed by atoms with van der Waals surface area (Å²) in [5.41, 5.74) is 0.854. The highest BCUT2D eigenvalue weighted by Gasteiger charge is 2.31. The van der Waals surface area contributed by atoms with E-state index in [1.54, 1.807) is 12.1 Å². The second-order valence-corrected chi connectivity index (χ2v) is 6.48. The maximum Gasteiger partial charge on any atom is 0.127 e. The van der Waals surface area contributed by atoms with Crippen LogP contribution in [0.5, 0.6) is 0 Å². The molecule has 0 aromatic heterocycles. The highest BCUT2D eigenvalue weighted by Crippen LogP contribution is 2.40. The summed E-state index contributed by atoms with van der Waals surface area (Å²) in [6.45, 7) is 7.81. The first-order valence-electron chi connectivity index (χ1n) is 8.11. The summed E-state index contributed by atoms with van der Waals surface area (Å²) in [4.78, 5) is 0. The lowest BCUT2D eigenvalue weighted by atomic mass is 9.72. The second kappa shape index (κ2) is 7.21. The van der Waals surface area contributed by atoms with Crippen LogP contribution in [0.15, 0.2) is 24.3 Å². The molecule has 4 atom stereocenters. The van der Waals surface area contributed by atoms with Gasteiger partial charge in [-0.05, 0) is 49.6 Å². The average molecular weight is 277 g/mol. The molecule has 1 fully saturated rings. The van der Waals surface area contributed by atoms with Crippen LogP contribution in [0.25, 0.3) is 0 Å². The van der Waals surface area contributed by atoms with E-state index in [4.69, 9.17) is 0 Å². The number of nitrogens with one attached hydrogen (secondary N) is 1. The number of halogens is 1. The summed E-state index contributed by atoms with van der Waals surface area (Å²) in [6, 6.07) is 7.44. The van der Waals surface area contributed by atoms with E-state index in [0.717, 1.165) is 30.4 Å². The standard InChI is InChI=1S/C18H28FN/c1-4-11-20-18(16-7-5-6-8-17(16)19)15-10-9-13(2)14(3)12-15/h5-8,13-15,18,20H,4,9-12H2,1-3H3. The molecular formula is C18H28FN. The van der Waals surface area contributed by atoms with Crippen LogP contribution >= 0.6 is 0 Å². The van der Waals surface area contributed by atoms with Crippen LogP contribution in [0.2, 0.25) is 0 Å². The van der Waals surface area contributed by atoms with Crippen molar-refractivity contribution >= 4 is 0 Å². The van der Waals surface area contributed by atoms with Crippen molar-refractivity contribution < 1.29 is 4.39 Å². The lowest BCUT2D eigenvalue weighted by molar-refractivity contribution is 0.169. The minimum Gasteiger partial charge on any atom is -0.310 e. The molecule has 0 aliphatic heterocycles. The van der Waals surface area contributed by atoms with Crippen molar-refractivity contribution in [2.75, 3.05) is 6.54 Å². The van der Waals surface area contributed by atoms with Gasteiger partial charge in [-0.25, -0.2) is 4.39 Å². The molecule has 1 aliphatic rings. The molecule has 4 unspecified atom stereocenters. The van der Waals surface area contributed by atoms with Gasteiger partial charge in [0.05, 0.1) is 0 Å². The molecule has 1 aromatic rings. The molecule has 2 heteroatoms. The summed E-state index contributed by atoms with van der Waals surface area (Å²) in [5, 5.41) is 3.59. The quantitative estimate of drug-likeness (QED) is 0.804. The molecule has 1 aliphatic carbocycles. The maximum absolute atomic E-state index is 14.2. The van der Waals surface area contributed by atoms with Gasteiger partial charge in [0.25, 0.3) is 0 Å².